The van der Waals surface area contributed by atoms with Crippen LogP contribution in [0.15, 0.2) is 24.3 Å². The van der Waals surface area contributed by atoms with Gasteiger partial charge in [-0.05, 0) is 24.3 Å². The van der Waals surface area contributed by atoms with E-state index in [1.54, 1.807) is 19.2 Å². The first kappa shape index (κ1) is 15.0. The van der Waals surface area contributed by atoms with E-state index in [0.29, 0.717) is 31.9 Å². The zero-order valence-corrected chi connectivity index (χ0v) is 10.8. The summed E-state index contributed by atoms with van der Waals surface area (Å²) < 4.78 is 5.42. The van der Waals surface area contributed by atoms with Gasteiger partial charge >= 0.3 is 5.97 Å². The summed E-state index contributed by atoms with van der Waals surface area (Å²) in [6.07, 6.45) is 0.434. The van der Waals surface area contributed by atoms with Crippen LogP contribution in [0.3, 0.4) is 0 Å². The first-order chi connectivity index (χ1) is 9.13. The Balaban J connectivity index is 2.15. The number of carboxylic acids is 1. The summed E-state index contributed by atoms with van der Waals surface area (Å²) >= 11 is 0. The molecule has 0 saturated heterocycles. The van der Waals surface area contributed by atoms with Crippen LogP contribution in [0.5, 0.6) is 5.75 Å². The Kier molecular flexibility index (Phi) is 6.38. The highest BCUT2D eigenvalue weighted by Gasteiger charge is 2.02. The van der Waals surface area contributed by atoms with Gasteiger partial charge in [0.1, 0.15) is 12.4 Å². The topological polar surface area (TPSA) is 87.7 Å². The number of carboxylic acid groups (broad SMARTS) is 1. The molecule has 0 aromatic heterocycles. The molecule has 0 bridgehead atoms. The van der Waals surface area contributed by atoms with Gasteiger partial charge in [-0.15, -0.1) is 0 Å². The number of ether oxygens (including phenoxy) is 1. The van der Waals surface area contributed by atoms with Gasteiger partial charge in [0.2, 0.25) is 5.91 Å². The van der Waals surface area contributed by atoms with Crippen LogP contribution in [-0.2, 0) is 4.79 Å². The molecule has 0 aliphatic heterocycles. The summed E-state index contributed by atoms with van der Waals surface area (Å²) in [5, 5.41) is 14.3. The summed E-state index contributed by atoms with van der Waals surface area (Å²) in [7, 11) is 1.60. The molecule has 1 amide bonds. The number of carbonyl (C=O) groups is 2. The van der Waals surface area contributed by atoms with Crippen molar-refractivity contribution in [1.29, 1.82) is 0 Å². The van der Waals surface area contributed by atoms with Crippen LogP contribution >= 0.6 is 0 Å². The number of benzene rings is 1. The monoisotopic (exact) mass is 266 g/mol. The number of hydrogen-bond donors (Lipinski definition) is 3. The molecular formula is C13H18N2O4. The van der Waals surface area contributed by atoms with Crippen LogP contribution < -0.4 is 15.4 Å². The number of nitrogens with one attached hydrogen (secondary N) is 2. The Hall–Kier alpha value is -2.08. The number of amides is 1. The molecule has 1 rings (SSSR count). The third-order valence-corrected chi connectivity index (χ3v) is 2.46. The molecule has 6 heteroatoms. The molecule has 0 aliphatic rings. The molecular weight excluding hydrogens is 248 g/mol. The van der Waals surface area contributed by atoms with E-state index in [2.05, 4.69) is 10.6 Å². The second-order valence-corrected chi connectivity index (χ2v) is 3.85. The van der Waals surface area contributed by atoms with Crippen molar-refractivity contribution >= 4 is 11.9 Å². The fraction of sp³-hybridized carbons (Fsp3) is 0.385. The number of hydrogen-bond acceptors (Lipinski definition) is 4. The van der Waals surface area contributed by atoms with E-state index < -0.39 is 5.97 Å². The molecule has 1 aromatic carbocycles. The van der Waals surface area contributed by atoms with E-state index in [9.17, 15) is 9.59 Å². The number of carbonyl (C=O) groups excluding carboxylic acids is 1. The summed E-state index contributed by atoms with van der Waals surface area (Å²) in [6, 6.07) is 6.23. The Morgan fingerprint density at radius 2 is 1.89 bits per heavy atom. The van der Waals surface area contributed by atoms with E-state index >= 15 is 0 Å². The highest BCUT2D eigenvalue weighted by atomic mass is 16.5. The van der Waals surface area contributed by atoms with Crippen LogP contribution in [0.4, 0.5) is 0 Å². The minimum absolute atomic E-state index is 0.00215. The van der Waals surface area contributed by atoms with E-state index in [4.69, 9.17) is 9.84 Å². The Morgan fingerprint density at radius 1 is 1.21 bits per heavy atom. The van der Waals surface area contributed by atoms with Crippen LogP contribution in [0.2, 0.25) is 0 Å². The predicted octanol–water partition coefficient (Wildman–Crippen LogP) is 0.489. The maximum absolute atomic E-state index is 10.9. The molecule has 0 saturated carbocycles. The summed E-state index contributed by atoms with van der Waals surface area (Å²) in [5.74, 6) is -0.335. The third kappa shape index (κ3) is 5.87. The van der Waals surface area contributed by atoms with Gasteiger partial charge in [-0.3, -0.25) is 4.79 Å². The summed E-state index contributed by atoms with van der Waals surface area (Å²) in [5.41, 5.74) is 0.232. The second-order valence-electron chi connectivity index (χ2n) is 3.85. The molecule has 19 heavy (non-hydrogen) atoms. The lowest BCUT2D eigenvalue weighted by Gasteiger charge is -2.07. The van der Waals surface area contributed by atoms with Crippen LogP contribution in [0, 0.1) is 0 Å². The Labute approximate surface area is 111 Å². The lowest BCUT2D eigenvalue weighted by Crippen LogP contribution is -2.27. The van der Waals surface area contributed by atoms with Crippen molar-refractivity contribution in [1.82, 2.24) is 10.6 Å². The second kappa shape index (κ2) is 8.10. The van der Waals surface area contributed by atoms with Crippen LogP contribution in [0.25, 0.3) is 0 Å². The van der Waals surface area contributed by atoms with Crippen molar-refractivity contribution in [3.63, 3.8) is 0 Å². The summed E-state index contributed by atoms with van der Waals surface area (Å²) in [6.45, 7) is 1.68. The van der Waals surface area contributed by atoms with Crippen molar-refractivity contribution in [2.45, 2.75) is 6.42 Å². The van der Waals surface area contributed by atoms with Crippen molar-refractivity contribution in [3.8, 4) is 5.75 Å². The average Bonchev–Trinajstić information content (AvgIpc) is 2.42. The van der Waals surface area contributed by atoms with Gasteiger partial charge in [-0.2, -0.15) is 0 Å². The quantitative estimate of drug-likeness (QED) is 0.596. The molecule has 0 aliphatic carbocycles. The molecule has 0 heterocycles. The van der Waals surface area contributed by atoms with Gasteiger partial charge in [-0.1, -0.05) is 0 Å². The highest BCUT2D eigenvalue weighted by Crippen LogP contribution is 2.11. The first-order valence-corrected chi connectivity index (χ1v) is 6.01. The minimum Gasteiger partial charge on any atom is -0.492 e. The Morgan fingerprint density at radius 3 is 2.47 bits per heavy atom. The maximum Gasteiger partial charge on any atom is 0.335 e. The smallest absolute Gasteiger partial charge is 0.335 e. The number of rotatable bonds is 8. The van der Waals surface area contributed by atoms with Gasteiger partial charge < -0.3 is 20.5 Å². The van der Waals surface area contributed by atoms with Gasteiger partial charge in [0, 0.05) is 26.6 Å². The van der Waals surface area contributed by atoms with E-state index in [1.807, 2.05) is 0 Å². The highest BCUT2D eigenvalue weighted by molar-refractivity contribution is 5.87. The van der Waals surface area contributed by atoms with Gasteiger partial charge in [0.15, 0.2) is 0 Å². The molecule has 0 atom stereocenters. The fourth-order valence-corrected chi connectivity index (χ4v) is 1.39. The molecule has 104 valence electrons. The molecule has 0 fully saturated rings. The van der Waals surface area contributed by atoms with Gasteiger partial charge in [0.05, 0.1) is 5.56 Å². The molecule has 0 spiro atoms. The van der Waals surface area contributed by atoms with Crippen molar-refractivity contribution in [2.24, 2.45) is 0 Å². The fourth-order valence-electron chi connectivity index (χ4n) is 1.39. The van der Waals surface area contributed by atoms with Crippen LogP contribution in [0.1, 0.15) is 16.8 Å². The standard InChI is InChI=1S/C13H18N2O4/c1-14-12(16)6-7-15-8-9-19-11-4-2-10(3-5-11)13(17)18/h2-5,15H,6-9H2,1H3,(H,14,16)(H,17,18). The normalized spacial score (nSPS) is 9.95. The third-order valence-electron chi connectivity index (χ3n) is 2.46. The SMILES string of the molecule is CNC(=O)CCNCCOc1ccc(C(=O)O)cc1. The molecule has 6 nitrogen and oxygen atoms in total. The summed E-state index contributed by atoms with van der Waals surface area (Å²) in [4.78, 5) is 21.6. The molecule has 0 radical (unpaired) electrons. The van der Waals surface area contributed by atoms with Crippen LogP contribution in [-0.4, -0.2) is 43.7 Å². The first-order valence-electron chi connectivity index (χ1n) is 6.01. The Bertz CT molecular complexity index is 417. The van der Waals surface area contributed by atoms with E-state index in [1.165, 1.54) is 12.1 Å². The zero-order chi connectivity index (χ0) is 14.1. The van der Waals surface area contributed by atoms with E-state index in [-0.39, 0.29) is 11.5 Å². The maximum atomic E-state index is 10.9. The number of aromatic carboxylic acids is 1. The molecule has 3 N–H and O–H groups in total. The van der Waals surface area contributed by atoms with Crippen molar-refractivity contribution in [2.75, 3.05) is 26.7 Å². The molecule has 1 aromatic rings. The predicted molar refractivity (Wildman–Crippen MR) is 70.4 cm³/mol. The van der Waals surface area contributed by atoms with Gasteiger partial charge in [0.25, 0.3) is 0 Å². The molecule has 0 unspecified atom stereocenters. The van der Waals surface area contributed by atoms with Gasteiger partial charge in [-0.25, -0.2) is 4.79 Å². The largest absolute Gasteiger partial charge is 0.492 e. The average molecular weight is 266 g/mol. The zero-order valence-electron chi connectivity index (χ0n) is 10.8. The minimum atomic E-state index is -0.956. The lowest BCUT2D eigenvalue weighted by atomic mass is 10.2. The van der Waals surface area contributed by atoms with Crippen molar-refractivity contribution in [3.05, 3.63) is 29.8 Å². The van der Waals surface area contributed by atoms with Crippen molar-refractivity contribution < 1.29 is 19.4 Å². The van der Waals surface area contributed by atoms with E-state index in [0.717, 1.165) is 0 Å². The lowest BCUT2D eigenvalue weighted by molar-refractivity contribution is -0.120.